The molecule has 1 aromatic heterocycles. The van der Waals surface area contributed by atoms with Gasteiger partial charge in [-0.05, 0) is 129 Å². The average molecular weight is 876 g/mol. The Morgan fingerprint density at radius 2 is 1.50 bits per heavy atom. The van der Waals surface area contributed by atoms with Gasteiger partial charge in [0.1, 0.15) is 17.4 Å². The zero-order valence-corrected chi connectivity index (χ0v) is 34.7. The van der Waals surface area contributed by atoms with Crippen molar-refractivity contribution in [2.45, 2.75) is 94.4 Å². The lowest BCUT2D eigenvalue weighted by atomic mass is 9.89. The van der Waals surface area contributed by atoms with Crippen LogP contribution >= 0.6 is 11.6 Å². The number of amides is 2. The van der Waals surface area contributed by atoms with Gasteiger partial charge < -0.3 is 36.6 Å². The Hall–Kier alpha value is -5.45. The molecular weight excluding hydrogens is 827 g/mol. The van der Waals surface area contributed by atoms with Crippen molar-refractivity contribution in [3.8, 4) is 6.01 Å². The molecule has 0 aliphatic heterocycles. The standard InChI is InChI=1S/C44H49ClF3N9O5/c45-30-9-7-29(8-10-30)43(14-15-43)57-41-54-40(55-42(56-41)62-22-44(46,47)48)51-31-11-5-25(6-12-31)38(60)52-32(39(61)53-33-20-24-2-4-27(33)18-24)13-16-49-34-35(37(59)36(34)58)50-21-28-19-23-1-3-26(28)17-23/h5-12,23-24,26-28,32-33,49-50H,1-4,13-22H2,(H,52,60)(H,53,61)(H2,51,54,55,56,57). The van der Waals surface area contributed by atoms with Crippen molar-refractivity contribution in [1.82, 2.24) is 25.6 Å². The van der Waals surface area contributed by atoms with E-state index >= 15 is 0 Å². The van der Waals surface area contributed by atoms with Gasteiger partial charge in [0.05, 0.1) is 5.54 Å². The van der Waals surface area contributed by atoms with Gasteiger partial charge in [0.25, 0.3) is 16.8 Å². The van der Waals surface area contributed by atoms with Crippen LogP contribution in [0.15, 0.2) is 58.1 Å². The third kappa shape index (κ3) is 9.32. The number of carbonyl (C=O) groups excluding carboxylic acids is 2. The Kier molecular flexibility index (Phi) is 11.5. The fourth-order valence-electron chi connectivity index (χ4n) is 10.3. The van der Waals surface area contributed by atoms with Gasteiger partial charge in [0, 0.05) is 35.4 Å². The number of fused-ring (bicyclic) bond motifs is 4. The topological polar surface area (TPSA) is 188 Å². The number of anilines is 5. The first kappa shape index (κ1) is 41.9. The van der Waals surface area contributed by atoms with Crippen LogP contribution in [-0.2, 0) is 10.3 Å². The van der Waals surface area contributed by atoms with Gasteiger partial charge >= 0.3 is 12.2 Å². The minimum absolute atomic E-state index is 0.000118. The number of hydrogen-bond acceptors (Lipinski definition) is 12. The highest BCUT2D eigenvalue weighted by Gasteiger charge is 2.45. The van der Waals surface area contributed by atoms with E-state index in [0.29, 0.717) is 40.9 Å². The predicted molar refractivity (Wildman–Crippen MR) is 228 cm³/mol. The van der Waals surface area contributed by atoms with Crippen LogP contribution in [0, 0.1) is 29.6 Å². The Morgan fingerprint density at radius 1 is 0.823 bits per heavy atom. The first-order valence-electron chi connectivity index (χ1n) is 21.6. The number of hydrogen-bond donors (Lipinski definition) is 6. The van der Waals surface area contributed by atoms with Gasteiger partial charge in [-0.2, -0.15) is 28.1 Å². The second-order valence-corrected chi connectivity index (χ2v) is 18.3. The van der Waals surface area contributed by atoms with Crippen LogP contribution in [0.25, 0.3) is 0 Å². The predicted octanol–water partition coefficient (Wildman–Crippen LogP) is 6.66. The maximum absolute atomic E-state index is 13.8. The van der Waals surface area contributed by atoms with Crippen molar-refractivity contribution in [1.29, 1.82) is 0 Å². The summed E-state index contributed by atoms with van der Waals surface area (Å²) in [5, 5.41) is 19.1. The highest BCUT2D eigenvalue weighted by Crippen LogP contribution is 2.49. The molecule has 1 heterocycles. The van der Waals surface area contributed by atoms with E-state index in [1.165, 1.54) is 31.4 Å². The molecule has 0 radical (unpaired) electrons. The minimum atomic E-state index is -4.62. The van der Waals surface area contributed by atoms with E-state index in [4.69, 9.17) is 16.3 Å². The van der Waals surface area contributed by atoms with Crippen LogP contribution in [0.2, 0.25) is 5.02 Å². The zero-order chi connectivity index (χ0) is 43.2. The Bertz CT molecular complexity index is 2370. The lowest BCUT2D eigenvalue weighted by molar-refractivity contribution is -0.154. The van der Waals surface area contributed by atoms with Gasteiger partial charge in [0.15, 0.2) is 6.61 Å². The molecule has 9 rings (SSSR count). The number of halogens is 4. The molecule has 6 N–H and O–H groups in total. The molecule has 4 aromatic rings. The molecule has 7 unspecified atom stereocenters. The van der Waals surface area contributed by atoms with Crippen LogP contribution in [0.5, 0.6) is 6.01 Å². The van der Waals surface area contributed by atoms with Gasteiger partial charge in [0.2, 0.25) is 17.8 Å². The summed E-state index contributed by atoms with van der Waals surface area (Å²) in [5.74, 6) is 1.99. The highest BCUT2D eigenvalue weighted by atomic mass is 35.5. The van der Waals surface area contributed by atoms with Crippen molar-refractivity contribution in [2.75, 3.05) is 41.0 Å². The van der Waals surface area contributed by atoms with Crippen LogP contribution in [-0.4, -0.2) is 64.7 Å². The molecule has 4 bridgehead atoms. The van der Waals surface area contributed by atoms with Crippen molar-refractivity contribution in [2.24, 2.45) is 29.6 Å². The van der Waals surface area contributed by atoms with Gasteiger partial charge in [-0.15, -0.1) is 0 Å². The lowest BCUT2D eigenvalue weighted by Crippen LogP contribution is -2.51. The Balaban J connectivity index is 0.856. The van der Waals surface area contributed by atoms with E-state index in [0.717, 1.165) is 56.4 Å². The van der Waals surface area contributed by atoms with E-state index in [2.05, 4.69) is 46.9 Å². The largest absolute Gasteiger partial charge is 0.454 e. The molecule has 5 saturated carbocycles. The van der Waals surface area contributed by atoms with Crippen LogP contribution in [0.3, 0.4) is 0 Å². The number of carbonyl (C=O) groups is 2. The number of nitrogens with zero attached hydrogens (tertiary/aromatic N) is 3. The molecule has 5 aliphatic rings. The molecule has 328 valence electrons. The van der Waals surface area contributed by atoms with Crippen molar-refractivity contribution in [3.63, 3.8) is 0 Å². The molecule has 0 spiro atoms. The summed E-state index contributed by atoms with van der Waals surface area (Å²) in [6, 6.07) is 12.0. The van der Waals surface area contributed by atoms with Crippen molar-refractivity contribution in [3.05, 3.63) is 85.1 Å². The Labute approximate surface area is 360 Å². The fraction of sp³-hybridized carbons (Fsp3) is 0.523. The van der Waals surface area contributed by atoms with Gasteiger partial charge in [-0.25, -0.2) is 0 Å². The fourth-order valence-corrected chi connectivity index (χ4v) is 10.4. The summed E-state index contributed by atoms with van der Waals surface area (Å²) in [6.07, 6.45) is 6.06. The minimum Gasteiger partial charge on any atom is -0.454 e. The van der Waals surface area contributed by atoms with E-state index < -0.39 is 47.1 Å². The van der Waals surface area contributed by atoms with E-state index in [-0.39, 0.29) is 53.7 Å². The normalized spacial score (nSPS) is 24.7. The van der Waals surface area contributed by atoms with E-state index in [1.807, 2.05) is 12.1 Å². The molecule has 62 heavy (non-hydrogen) atoms. The number of nitrogens with one attached hydrogen (secondary N) is 6. The second-order valence-electron chi connectivity index (χ2n) is 17.8. The van der Waals surface area contributed by atoms with Gasteiger partial charge in [-0.1, -0.05) is 36.6 Å². The summed E-state index contributed by atoms with van der Waals surface area (Å²) in [4.78, 5) is 65.2. The third-order valence-corrected chi connectivity index (χ3v) is 13.9. The van der Waals surface area contributed by atoms with Crippen LogP contribution in [0.4, 0.5) is 42.1 Å². The molecule has 7 atom stereocenters. The first-order valence-corrected chi connectivity index (χ1v) is 21.9. The molecule has 0 saturated heterocycles. The summed E-state index contributed by atoms with van der Waals surface area (Å²) < 4.78 is 44.2. The maximum atomic E-state index is 13.8. The lowest BCUT2D eigenvalue weighted by Gasteiger charge is -2.26. The average Bonchev–Trinajstić information content (AvgIpc) is 3.65. The molecule has 2 amide bonds. The van der Waals surface area contributed by atoms with Crippen molar-refractivity contribution < 1.29 is 27.5 Å². The number of ether oxygens (including phenoxy) is 1. The molecule has 5 fully saturated rings. The summed E-state index contributed by atoms with van der Waals surface area (Å²) in [7, 11) is 0. The molecule has 14 nitrogen and oxygen atoms in total. The summed E-state index contributed by atoms with van der Waals surface area (Å²) in [5.41, 5.74) is 0.382. The van der Waals surface area contributed by atoms with E-state index in [9.17, 15) is 32.3 Å². The Morgan fingerprint density at radius 3 is 2.13 bits per heavy atom. The number of rotatable bonds is 18. The molecule has 3 aromatic carbocycles. The maximum Gasteiger partial charge on any atom is 0.422 e. The number of alkyl halides is 3. The number of benzene rings is 2. The van der Waals surface area contributed by atoms with E-state index in [1.54, 1.807) is 24.3 Å². The molecule has 5 aliphatic carbocycles. The van der Waals surface area contributed by atoms with Crippen LogP contribution < -0.4 is 47.5 Å². The zero-order valence-electron chi connectivity index (χ0n) is 34.0. The second kappa shape index (κ2) is 17.0. The smallest absolute Gasteiger partial charge is 0.422 e. The first-order chi connectivity index (χ1) is 29.8. The highest BCUT2D eigenvalue weighted by molar-refractivity contribution is 6.30. The SMILES string of the molecule is O=C(NC(CCNc1c(NCC2CC3CCC2C3)c(=O)c1=O)C(=O)NC1CC2CCC1C2)c1ccc(Nc2nc(NC3(c4ccc(Cl)cc4)CC3)nc(OCC(F)(F)F)n2)cc1. The monoisotopic (exact) mass is 875 g/mol. The molecular formula is C44H49ClF3N9O5. The summed E-state index contributed by atoms with van der Waals surface area (Å²) in [6.45, 7) is -0.797. The van der Waals surface area contributed by atoms with Gasteiger partial charge in [-0.3, -0.25) is 19.2 Å². The van der Waals surface area contributed by atoms with Crippen LogP contribution in [0.1, 0.15) is 86.6 Å². The molecule has 18 heteroatoms. The third-order valence-electron chi connectivity index (χ3n) is 13.6. The quantitative estimate of drug-likeness (QED) is 0.0585. The number of aromatic nitrogens is 3. The summed E-state index contributed by atoms with van der Waals surface area (Å²) >= 11 is 6.08. The van der Waals surface area contributed by atoms with Crippen molar-refractivity contribution >= 4 is 52.4 Å².